The maximum atomic E-state index is 11.7. The van der Waals surface area contributed by atoms with Gasteiger partial charge >= 0.3 is 5.97 Å². The van der Waals surface area contributed by atoms with Crippen molar-refractivity contribution in [3.8, 4) is 0 Å². The highest BCUT2D eigenvalue weighted by molar-refractivity contribution is 7.11. The van der Waals surface area contributed by atoms with Gasteiger partial charge in [0.1, 0.15) is 10.6 Å². The summed E-state index contributed by atoms with van der Waals surface area (Å²) >= 11 is 1.22. The second kappa shape index (κ2) is 5.53. The highest BCUT2D eigenvalue weighted by atomic mass is 32.1. The summed E-state index contributed by atoms with van der Waals surface area (Å²) in [7, 11) is 1.33. The van der Waals surface area contributed by atoms with Crippen molar-refractivity contribution in [3.05, 3.63) is 5.56 Å². The Bertz CT molecular complexity index is 427. The van der Waals surface area contributed by atoms with Crippen molar-refractivity contribution in [3.63, 3.8) is 0 Å². The van der Waals surface area contributed by atoms with E-state index in [0.717, 1.165) is 30.9 Å². The Labute approximate surface area is 110 Å². The first-order chi connectivity index (χ1) is 8.67. The molecule has 1 fully saturated rings. The monoisotopic (exact) mass is 271 g/mol. The number of piperidine rings is 1. The van der Waals surface area contributed by atoms with Gasteiger partial charge in [-0.15, -0.1) is 0 Å². The van der Waals surface area contributed by atoms with Crippen molar-refractivity contribution < 1.29 is 14.6 Å². The lowest BCUT2D eigenvalue weighted by Gasteiger charge is -2.31. The van der Waals surface area contributed by atoms with Crippen LogP contribution in [0.3, 0.4) is 0 Å². The molecular weight excluding hydrogens is 254 g/mol. The average Bonchev–Trinajstić information content (AvgIpc) is 2.80. The molecule has 18 heavy (non-hydrogen) atoms. The van der Waals surface area contributed by atoms with E-state index in [1.54, 1.807) is 0 Å². The van der Waals surface area contributed by atoms with Crippen LogP contribution in [-0.4, -0.2) is 42.3 Å². The Morgan fingerprint density at radius 1 is 1.61 bits per heavy atom. The fourth-order valence-corrected chi connectivity index (χ4v) is 2.98. The smallest absolute Gasteiger partial charge is 0.344 e. The Kier molecular flexibility index (Phi) is 4.03. The van der Waals surface area contributed by atoms with Crippen LogP contribution in [0.5, 0.6) is 0 Å². The fraction of sp³-hybridized carbons (Fsp3) is 0.636. The molecule has 1 aliphatic heterocycles. The number of nitrogens with zero attached hydrogens (tertiary/aromatic N) is 2. The summed E-state index contributed by atoms with van der Waals surface area (Å²) in [5.41, 5.74) is 6.08. The van der Waals surface area contributed by atoms with Crippen LogP contribution in [0.25, 0.3) is 0 Å². The maximum absolute atomic E-state index is 11.7. The van der Waals surface area contributed by atoms with Crippen LogP contribution >= 0.6 is 11.5 Å². The molecule has 6 nitrogen and oxygen atoms in total. The van der Waals surface area contributed by atoms with E-state index in [1.807, 2.05) is 0 Å². The molecular formula is C11H17N3O3S. The lowest BCUT2D eigenvalue weighted by Crippen LogP contribution is -2.35. The van der Waals surface area contributed by atoms with Gasteiger partial charge in [0.05, 0.1) is 7.11 Å². The summed E-state index contributed by atoms with van der Waals surface area (Å²) in [6, 6.07) is 0. The van der Waals surface area contributed by atoms with E-state index in [-0.39, 0.29) is 12.4 Å². The van der Waals surface area contributed by atoms with Gasteiger partial charge in [-0.2, -0.15) is 4.37 Å². The van der Waals surface area contributed by atoms with Crippen molar-refractivity contribution >= 4 is 28.3 Å². The first-order valence-electron chi connectivity index (χ1n) is 5.86. The molecule has 0 bridgehead atoms. The number of carbonyl (C=O) groups excluding carboxylic acids is 1. The standard InChI is InChI=1S/C11H17N3O3S/c1-17-11(16)8-9(12)13-18-10(8)14-4-2-7(6-15)3-5-14/h7,15H,2-6H2,1H3,(H2,12,13). The van der Waals surface area contributed by atoms with Gasteiger partial charge in [-0.3, -0.25) is 0 Å². The van der Waals surface area contributed by atoms with Crippen LogP contribution in [-0.2, 0) is 4.74 Å². The molecule has 0 aromatic carbocycles. The first-order valence-corrected chi connectivity index (χ1v) is 6.64. The summed E-state index contributed by atoms with van der Waals surface area (Å²) < 4.78 is 8.76. The number of ether oxygens (including phenoxy) is 1. The summed E-state index contributed by atoms with van der Waals surface area (Å²) in [6.07, 6.45) is 1.82. The number of methoxy groups -OCH3 is 1. The van der Waals surface area contributed by atoms with Gasteiger partial charge in [0.2, 0.25) is 0 Å². The van der Waals surface area contributed by atoms with E-state index in [9.17, 15) is 4.79 Å². The predicted molar refractivity (Wildman–Crippen MR) is 69.9 cm³/mol. The predicted octanol–water partition coefficient (Wildman–Crippen LogP) is 0.721. The number of aliphatic hydroxyl groups is 1. The van der Waals surface area contributed by atoms with Crippen LogP contribution in [0.15, 0.2) is 0 Å². The van der Waals surface area contributed by atoms with Gasteiger partial charge in [-0.25, -0.2) is 4.79 Å². The quantitative estimate of drug-likeness (QED) is 0.788. The average molecular weight is 271 g/mol. The maximum Gasteiger partial charge on any atom is 0.344 e. The third-order valence-corrected chi connectivity index (χ3v) is 4.17. The number of esters is 1. The number of carbonyl (C=O) groups is 1. The molecule has 7 heteroatoms. The van der Waals surface area contributed by atoms with E-state index in [1.165, 1.54) is 18.6 Å². The van der Waals surface area contributed by atoms with Crippen molar-refractivity contribution in [2.24, 2.45) is 5.92 Å². The highest BCUT2D eigenvalue weighted by Crippen LogP contribution is 2.33. The number of nitrogens with two attached hydrogens (primary N) is 1. The van der Waals surface area contributed by atoms with Crippen LogP contribution in [0.2, 0.25) is 0 Å². The summed E-state index contributed by atoms with van der Waals surface area (Å²) in [5, 5.41) is 9.88. The second-order valence-electron chi connectivity index (χ2n) is 4.35. The molecule has 0 aliphatic carbocycles. The van der Waals surface area contributed by atoms with Gasteiger partial charge in [-0.05, 0) is 30.3 Å². The number of nitrogen functional groups attached to an aromatic ring is 1. The Hall–Kier alpha value is -1.34. The number of hydrogen-bond donors (Lipinski definition) is 2. The molecule has 100 valence electrons. The summed E-state index contributed by atoms with van der Waals surface area (Å²) in [4.78, 5) is 13.8. The van der Waals surface area contributed by atoms with Crippen LogP contribution in [0.4, 0.5) is 10.8 Å². The Morgan fingerprint density at radius 3 is 2.83 bits per heavy atom. The molecule has 1 aliphatic rings. The van der Waals surface area contributed by atoms with Crippen LogP contribution in [0.1, 0.15) is 23.2 Å². The van der Waals surface area contributed by atoms with E-state index < -0.39 is 5.97 Å². The van der Waals surface area contributed by atoms with Crippen LogP contribution in [0, 0.1) is 5.92 Å². The third-order valence-electron chi connectivity index (χ3n) is 3.25. The van der Waals surface area contributed by atoms with E-state index in [0.29, 0.717) is 11.5 Å². The molecule has 0 spiro atoms. The molecule has 1 saturated heterocycles. The fourth-order valence-electron chi connectivity index (χ4n) is 2.12. The van der Waals surface area contributed by atoms with E-state index >= 15 is 0 Å². The van der Waals surface area contributed by atoms with Gasteiger partial charge < -0.3 is 20.5 Å². The van der Waals surface area contributed by atoms with Gasteiger partial charge in [0, 0.05) is 19.7 Å². The molecule has 0 unspecified atom stereocenters. The molecule has 1 aromatic heterocycles. The zero-order valence-electron chi connectivity index (χ0n) is 10.3. The topological polar surface area (TPSA) is 88.7 Å². The van der Waals surface area contributed by atoms with Gasteiger partial charge in [0.25, 0.3) is 0 Å². The van der Waals surface area contributed by atoms with Crippen molar-refractivity contribution in [1.29, 1.82) is 0 Å². The second-order valence-corrected chi connectivity index (χ2v) is 5.10. The minimum atomic E-state index is -0.444. The van der Waals surface area contributed by atoms with Crippen molar-refractivity contribution in [2.75, 3.05) is 37.4 Å². The highest BCUT2D eigenvalue weighted by Gasteiger charge is 2.27. The minimum Gasteiger partial charge on any atom is -0.465 e. The molecule has 1 aromatic rings. The van der Waals surface area contributed by atoms with Crippen LogP contribution < -0.4 is 10.6 Å². The normalized spacial score (nSPS) is 16.9. The number of anilines is 2. The summed E-state index contributed by atoms with van der Waals surface area (Å²) in [6.45, 7) is 1.83. The number of rotatable bonds is 3. The van der Waals surface area contributed by atoms with Gasteiger partial charge in [0.15, 0.2) is 5.82 Å². The Balaban J connectivity index is 2.17. The first kappa shape index (κ1) is 13.1. The number of hydrogen-bond acceptors (Lipinski definition) is 7. The summed E-state index contributed by atoms with van der Waals surface area (Å²) in [5.74, 6) is 0.139. The molecule has 2 heterocycles. The minimum absolute atomic E-state index is 0.225. The molecule has 0 amide bonds. The van der Waals surface area contributed by atoms with Gasteiger partial charge in [-0.1, -0.05) is 0 Å². The molecule has 0 saturated carbocycles. The van der Waals surface area contributed by atoms with E-state index in [4.69, 9.17) is 15.6 Å². The molecule has 2 rings (SSSR count). The third kappa shape index (κ3) is 2.41. The number of aliphatic hydroxyl groups excluding tert-OH is 1. The SMILES string of the molecule is COC(=O)c1c(N)nsc1N1CCC(CO)CC1. The van der Waals surface area contributed by atoms with Crippen molar-refractivity contribution in [2.45, 2.75) is 12.8 Å². The zero-order valence-corrected chi connectivity index (χ0v) is 11.1. The Morgan fingerprint density at radius 2 is 2.28 bits per heavy atom. The number of aromatic nitrogens is 1. The largest absolute Gasteiger partial charge is 0.465 e. The molecule has 0 radical (unpaired) electrons. The van der Waals surface area contributed by atoms with E-state index in [2.05, 4.69) is 9.27 Å². The lowest BCUT2D eigenvalue weighted by atomic mass is 9.98. The zero-order chi connectivity index (χ0) is 13.1. The van der Waals surface area contributed by atoms with Crippen molar-refractivity contribution in [1.82, 2.24) is 4.37 Å². The molecule has 3 N–H and O–H groups in total. The molecule has 0 atom stereocenters. The lowest BCUT2D eigenvalue weighted by molar-refractivity contribution is 0.0603.